The van der Waals surface area contributed by atoms with Gasteiger partial charge >= 0.3 is 0 Å². The van der Waals surface area contributed by atoms with Crippen LogP contribution in [0.3, 0.4) is 0 Å². The topological polar surface area (TPSA) is 50.7 Å². The molecule has 0 aromatic heterocycles. The van der Waals surface area contributed by atoms with Crippen LogP contribution in [0.2, 0.25) is 0 Å². The van der Waals surface area contributed by atoms with Gasteiger partial charge in [-0.15, -0.1) is 0 Å². The molecule has 0 saturated heterocycles. The summed E-state index contributed by atoms with van der Waals surface area (Å²) in [6.45, 7) is 4.94. The van der Waals surface area contributed by atoms with Gasteiger partial charge in [0.05, 0.1) is 7.11 Å². The van der Waals surface area contributed by atoms with Gasteiger partial charge in [-0.3, -0.25) is 0 Å². The summed E-state index contributed by atoms with van der Waals surface area (Å²) < 4.78 is 10.8. The summed E-state index contributed by atoms with van der Waals surface area (Å²) in [7, 11) is 1.62. The number of hydrogen-bond donors (Lipinski definition) is 2. The predicted octanol–water partition coefficient (Wildman–Crippen LogP) is 3.48. The molecule has 0 radical (unpaired) electrons. The Balaban J connectivity index is 1.80. The molecule has 0 aliphatic rings. The van der Waals surface area contributed by atoms with E-state index in [1.807, 2.05) is 18.2 Å². The number of ether oxygens (including phenoxy) is 2. The molecule has 2 unspecified atom stereocenters. The van der Waals surface area contributed by atoms with E-state index in [0.717, 1.165) is 12.2 Å². The second-order valence-electron chi connectivity index (χ2n) is 5.92. The summed E-state index contributed by atoms with van der Waals surface area (Å²) in [5, 5.41) is 13.6. The van der Waals surface area contributed by atoms with Crippen LogP contribution in [-0.2, 0) is 0 Å². The smallest absolute Gasteiger partial charge is 0.123 e. The van der Waals surface area contributed by atoms with Gasteiger partial charge in [-0.25, -0.2) is 0 Å². The molecule has 0 saturated carbocycles. The summed E-state index contributed by atoms with van der Waals surface area (Å²) in [5.74, 6) is 1.43. The molecule has 2 rings (SSSR count). The molecule has 0 amide bonds. The van der Waals surface area contributed by atoms with E-state index in [1.165, 1.54) is 11.1 Å². The van der Waals surface area contributed by atoms with Crippen LogP contribution in [0.5, 0.6) is 11.5 Å². The zero-order valence-electron chi connectivity index (χ0n) is 14.7. The molecular formula is C20H27NO3. The van der Waals surface area contributed by atoms with Gasteiger partial charge in [0, 0.05) is 18.7 Å². The van der Waals surface area contributed by atoms with Crippen LogP contribution in [0.25, 0.3) is 0 Å². The number of aryl methyl sites for hydroxylation is 1. The van der Waals surface area contributed by atoms with E-state index in [0.29, 0.717) is 12.3 Å². The fourth-order valence-electron chi connectivity index (χ4n) is 2.52. The molecule has 130 valence electrons. The fraction of sp³-hybridized carbons (Fsp3) is 0.400. The SMILES string of the molecule is CCC(NCC(O)COc1cccc(OC)c1)c1ccc(C)cc1. The third-order valence-corrected chi connectivity index (χ3v) is 3.97. The number of aliphatic hydroxyl groups excluding tert-OH is 1. The van der Waals surface area contributed by atoms with Crippen LogP contribution >= 0.6 is 0 Å². The zero-order valence-corrected chi connectivity index (χ0v) is 14.7. The molecule has 4 nitrogen and oxygen atoms in total. The van der Waals surface area contributed by atoms with Gasteiger partial charge in [0.15, 0.2) is 0 Å². The van der Waals surface area contributed by atoms with Crippen LogP contribution in [0.15, 0.2) is 48.5 Å². The molecule has 2 N–H and O–H groups in total. The molecular weight excluding hydrogens is 302 g/mol. The molecule has 0 heterocycles. The highest BCUT2D eigenvalue weighted by Crippen LogP contribution is 2.19. The molecule has 0 spiro atoms. The highest BCUT2D eigenvalue weighted by molar-refractivity contribution is 5.32. The van der Waals surface area contributed by atoms with Gasteiger partial charge in [0.2, 0.25) is 0 Å². The van der Waals surface area contributed by atoms with Crippen LogP contribution in [0.4, 0.5) is 0 Å². The molecule has 2 aromatic rings. The molecule has 4 heteroatoms. The van der Waals surface area contributed by atoms with E-state index in [4.69, 9.17) is 9.47 Å². The monoisotopic (exact) mass is 329 g/mol. The summed E-state index contributed by atoms with van der Waals surface area (Å²) in [4.78, 5) is 0. The van der Waals surface area contributed by atoms with Crippen molar-refractivity contribution in [1.82, 2.24) is 5.32 Å². The van der Waals surface area contributed by atoms with Gasteiger partial charge in [-0.05, 0) is 31.0 Å². The first-order chi connectivity index (χ1) is 11.6. The van der Waals surface area contributed by atoms with Crippen molar-refractivity contribution in [3.8, 4) is 11.5 Å². The Kier molecular flexibility index (Phi) is 7.09. The minimum atomic E-state index is -0.573. The Labute approximate surface area is 144 Å². The van der Waals surface area contributed by atoms with Gasteiger partial charge in [0.25, 0.3) is 0 Å². The van der Waals surface area contributed by atoms with Crippen molar-refractivity contribution in [1.29, 1.82) is 0 Å². The van der Waals surface area contributed by atoms with Crippen LogP contribution in [0, 0.1) is 6.92 Å². The minimum Gasteiger partial charge on any atom is -0.497 e. The Morgan fingerprint density at radius 1 is 1.08 bits per heavy atom. The lowest BCUT2D eigenvalue weighted by Gasteiger charge is -2.20. The summed E-state index contributed by atoms with van der Waals surface area (Å²) in [6.07, 6.45) is 0.391. The fourth-order valence-corrected chi connectivity index (χ4v) is 2.52. The second kappa shape index (κ2) is 9.30. The number of methoxy groups -OCH3 is 1. The molecule has 0 bridgehead atoms. The lowest BCUT2D eigenvalue weighted by molar-refractivity contribution is 0.103. The Morgan fingerprint density at radius 2 is 1.79 bits per heavy atom. The highest BCUT2D eigenvalue weighted by Gasteiger charge is 2.12. The first kappa shape index (κ1) is 18.3. The van der Waals surface area contributed by atoms with Crippen molar-refractivity contribution in [2.75, 3.05) is 20.3 Å². The Hall–Kier alpha value is -2.04. The van der Waals surface area contributed by atoms with E-state index in [9.17, 15) is 5.11 Å². The maximum atomic E-state index is 10.2. The predicted molar refractivity (Wildman–Crippen MR) is 96.7 cm³/mol. The summed E-state index contributed by atoms with van der Waals surface area (Å²) >= 11 is 0. The number of aliphatic hydroxyl groups is 1. The van der Waals surface area contributed by atoms with Crippen molar-refractivity contribution >= 4 is 0 Å². The molecule has 24 heavy (non-hydrogen) atoms. The Morgan fingerprint density at radius 3 is 2.46 bits per heavy atom. The molecule has 2 aromatic carbocycles. The quantitative estimate of drug-likeness (QED) is 0.739. The maximum absolute atomic E-state index is 10.2. The third-order valence-electron chi connectivity index (χ3n) is 3.97. The van der Waals surface area contributed by atoms with Crippen LogP contribution in [-0.4, -0.2) is 31.5 Å². The van der Waals surface area contributed by atoms with Gasteiger partial charge in [-0.1, -0.05) is 42.8 Å². The van der Waals surface area contributed by atoms with Crippen molar-refractivity contribution in [3.63, 3.8) is 0 Å². The lowest BCUT2D eigenvalue weighted by Crippen LogP contribution is -2.33. The standard InChI is InChI=1S/C20H27NO3/c1-4-20(16-10-8-15(2)9-11-16)21-13-17(22)14-24-19-7-5-6-18(12-19)23-3/h5-12,17,20-22H,4,13-14H2,1-3H3. The number of nitrogens with one attached hydrogen (secondary N) is 1. The summed E-state index contributed by atoms with van der Waals surface area (Å²) in [6, 6.07) is 16.1. The average molecular weight is 329 g/mol. The lowest BCUT2D eigenvalue weighted by atomic mass is 10.0. The van der Waals surface area contributed by atoms with Crippen molar-refractivity contribution in [3.05, 3.63) is 59.7 Å². The van der Waals surface area contributed by atoms with Gasteiger partial charge < -0.3 is 19.9 Å². The zero-order chi connectivity index (χ0) is 17.4. The van der Waals surface area contributed by atoms with Crippen molar-refractivity contribution in [2.24, 2.45) is 0 Å². The van der Waals surface area contributed by atoms with Crippen LogP contribution in [0.1, 0.15) is 30.5 Å². The van der Waals surface area contributed by atoms with Crippen molar-refractivity contribution < 1.29 is 14.6 Å². The summed E-state index contributed by atoms with van der Waals surface area (Å²) in [5.41, 5.74) is 2.49. The maximum Gasteiger partial charge on any atom is 0.123 e. The number of rotatable bonds is 9. The molecule has 0 aliphatic heterocycles. The van der Waals surface area contributed by atoms with E-state index in [1.54, 1.807) is 13.2 Å². The van der Waals surface area contributed by atoms with Gasteiger partial charge in [-0.2, -0.15) is 0 Å². The average Bonchev–Trinajstić information content (AvgIpc) is 2.62. The number of benzene rings is 2. The Bertz CT molecular complexity index is 613. The minimum absolute atomic E-state index is 0.233. The molecule has 2 atom stereocenters. The second-order valence-corrected chi connectivity index (χ2v) is 5.92. The van der Waals surface area contributed by atoms with E-state index < -0.39 is 6.10 Å². The van der Waals surface area contributed by atoms with Crippen LogP contribution < -0.4 is 14.8 Å². The first-order valence-corrected chi connectivity index (χ1v) is 8.37. The first-order valence-electron chi connectivity index (χ1n) is 8.37. The molecule has 0 aliphatic carbocycles. The van der Waals surface area contributed by atoms with E-state index in [-0.39, 0.29) is 12.6 Å². The van der Waals surface area contributed by atoms with E-state index in [2.05, 4.69) is 43.4 Å². The van der Waals surface area contributed by atoms with Gasteiger partial charge in [0.1, 0.15) is 24.2 Å². The van der Waals surface area contributed by atoms with E-state index >= 15 is 0 Å². The third kappa shape index (κ3) is 5.55. The highest BCUT2D eigenvalue weighted by atomic mass is 16.5. The molecule has 0 fully saturated rings. The normalized spacial score (nSPS) is 13.3. The largest absolute Gasteiger partial charge is 0.497 e. The number of hydrogen-bond acceptors (Lipinski definition) is 4. The van der Waals surface area contributed by atoms with Crippen molar-refractivity contribution in [2.45, 2.75) is 32.4 Å².